The molecule has 1 fully saturated rings. The lowest BCUT2D eigenvalue weighted by atomic mass is 10.0. The number of hydrogen-bond donors (Lipinski definition) is 2. The molecule has 0 spiro atoms. The Hall–Kier alpha value is -1.85. The van der Waals surface area contributed by atoms with E-state index in [1.807, 2.05) is 30.5 Å². The lowest BCUT2D eigenvalue weighted by Crippen LogP contribution is -2.49. The number of nitrogens with one attached hydrogen (secondary N) is 1. The summed E-state index contributed by atoms with van der Waals surface area (Å²) in [4.78, 5) is 19.6. The quantitative estimate of drug-likeness (QED) is 0.874. The van der Waals surface area contributed by atoms with Crippen molar-refractivity contribution in [2.24, 2.45) is 5.73 Å². The van der Waals surface area contributed by atoms with Gasteiger partial charge in [-0.3, -0.25) is 9.69 Å². The molecule has 5 heteroatoms. The molecular formula is C15H20N4O. The van der Waals surface area contributed by atoms with Crippen LogP contribution in [-0.2, 0) is 4.79 Å². The molecule has 1 atom stereocenters. The van der Waals surface area contributed by atoms with E-state index in [1.54, 1.807) is 0 Å². The minimum atomic E-state index is -0.347. The lowest BCUT2D eigenvalue weighted by molar-refractivity contribution is -0.124. The number of hydrogen-bond acceptors (Lipinski definition) is 3. The average molecular weight is 272 g/mol. The summed E-state index contributed by atoms with van der Waals surface area (Å²) in [5.41, 5.74) is 7.70. The van der Waals surface area contributed by atoms with Crippen LogP contribution in [0.15, 0.2) is 30.5 Å². The second-order valence-corrected chi connectivity index (χ2v) is 5.43. The predicted molar refractivity (Wildman–Crippen MR) is 79.3 cm³/mol. The molecule has 106 valence electrons. The second-order valence-electron chi connectivity index (χ2n) is 5.43. The molecule has 20 heavy (non-hydrogen) atoms. The Balaban J connectivity index is 1.96. The maximum atomic E-state index is 12.0. The first-order valence-corrected chi connectivity index (χ1v) is 6.95. The highest BCUT2D eigenvalue weighted by Gasteiger charge is 2.29. The number of carbonyl (C=O) groups excluding carboxylic acids is 1. The van der Waals surface area contributed by atoms with Crippen LogP contribution >= 0.6 is 0 Å². The van der Waals surface area contributed by atoms with E-state index in [0.717, 1.165) is 42.6 Å². The molecule has 2 aromatic rings. The molecule has 1 aliphatic rings. The molecule has 0 bridgehead atoms. The van der Waals surface area contributed by atoms with Crippen LogP contribution in [0, 0.1) is 0 Å². The van der Waals surface area contributed by atoms with Gasteiger partial charge in [0.05, 0.1) is 0 Å². The summed E-state index contributed by atoms with van der Waals surface area (Å²) in [6, 6.07) is 7.67. The van der Waals surface area contributed by atoms with Crippen molar-refractivity contribution in [3.63, 3.8) is 0 Å². The number of piperazine rings is 1. The molecule has 0 radical (unpaired) electrons. The van der Waals surface area contributed by atoms with Gasteiger partial charge in [-0.1, -0.05) is 18.2 Å². The summed E-state index contributed by atoms with van der Waals surface area (Å²) in [6.45, 7) is 3.66. The highest BCUT2D eigenvalue weighted by Crippen LogP contribution is 2.28. The number of carbonyl (C=O) groups is 1. The van der Waals surface area contributed by atoms with E-state index < -0.39 is 0 Å². The molecule has 1 saturated heterocycles. The van der Waals surface area contributed by atoms with Crippen LogP contribution in [0.2, 0.25) is 0 Å². The number of fused-ring (bicyclic) bond motifs is 1. The standard InChI is InChI=1S/C15H20N4O/c1-18-6-8-19(9-7-18)14(15(16)20)12-10-17-13-5-3-2-4-11(12)13/h2-5,10,14,17H,6-9H2,1H3,(H2,16,20). The van der Waals surface area contributed by atoms with Crippen LogP contribution in [0.1, 0.15) is 11.6 Å². The number of amides is 1. The number of para-hydroxylation sites is 1. The largest absolute Gasteiger partial charge is 0.368 e. The molecule has 0 saturated carbocycles. The van der Waals surface area contributed by atoms with Crippen LogP contribution in [0.25, 0.3) is 10.9 Å². The van der Waals surface area contributed by atoms with Gasteiger partial charge in [-0.05, 0) is 13.1 Å². The normalized spacial score (nSPS) is 19.2. The van der Waals surface area contributed by atoms with Gasteiger partial charge in [0, 0.05) is 48.8 Å². The first-order valence-electron chi connectivity index (χ1n) is 6.95. The molecule has 3 rings (SSSR count). The predicted octanol–water partition coefficient (Wildman–Crippen LogP) is 0.942. The summed E-state index contributed by atoms with van der Waals surface area (Å²) < 4.78 is 0. The van der Waals surface area contributed by atoms with Gasteiger partial charge in [-0.15, -0.1) is 0 Å². The molecule has 1 aromatic carbocycles. The zero-order chi connectivity index (χ0) is 14.1. The van der Waals surface area contributed by atoms with Crippen LogP contribution in [0.4, 0.5) is 0 Å². The number of aromatic nitrogens is 1. The Morgan fingerprint density at radius 1 is 1.25 bits per heavy atom. The molecule has 1 aromatic heterocycles. The Kier molecular flexibility index (Phi) is 3.46. The number of likely N-dealkylation sites (N-methyl/N-ethyl adjacent to an activating group) is 1. The van der Waals surface area contributed by atoms with E-state index >= 15 is 0 Å². The molecule has 2 heterocycles. The smallest absolute Gasteiger partial charge is 0.239 e. The van der Waals surface area contributed by atoms with Crippen molar-refractivity contribution in [1.82, 2.24) is 14.8 Å². The summed E-state index contributed by atoms with van der Waals surface area (Å²) in [6.07, 6.45) is 1.92. The van der Waals surface area contributed by atoms with Gasteiger partial charge in [-0.2, -0.15) is 0 Å². The van der Waals surface area contributed by atoms with E-state index in [0.29, 0.717) is 0 Å². The van der Waals surface area contributed by atoms with Crippen molar-refractivity contribution in [2.45, 2.75) is 6.04 Å². The Morgan fingerprint density at radius 3 is 2.65 bits per heavy atom. The van der Waals surface area contributed by atoms with Crippen molar-refractivity contribution in [3.05, 3.63) is 36.0 Å². The van der Waals surface area contributed by atoms with E-state index in [4.69, 9.17) is 5.73 Å². The molecule has 0 aliphatic carbocycles. The van der Waals surface area contributed by atoms with Crippen LogP contribution < -0.4 is 5.73 Å². The minimum absolute atomic E-state index is 0.278. The Labute approximate surface area is 118 Å². The maximum Gasteiger partial charge on any atom is 0.239 e. The van der Waals surface area contributed by atoms with Gasteiger partial charge in [-0.25, -0.2) is 0 Å². The molecule has 3 N–H and O–H groups in total. The third-order valence-corrected chi connectivity index (χ3v) is 4.09. The van der Waals surface area contributed by atoms with E-state index in [2.05, 4.69) is 21.8 Å². The third kappa shape index (κ3) is 2.30. The van der Waals surface area contributed by atoms with E-state index in [-0.39, 0.29) is 11.9 Å². The highest BCUT2D eigenvalue weighted by atomic mass is 16.1. The number of benzene rings is 1. The van der Waals surface area contributed by atoms with E-state index in [1.165, 1.54) is 0 Å². The fourth-order valence-corrected chi connectivity index (χ4v) is 2.93. The fraction of sp³-hybridized carbons (Fsp3) is 0.400. The monoisotopic (exact) mass is 272 g/mol. The Bertz CT molecular complexity index is 613. The zero-order valence-corrected chi connectivity index (χ0v) is 11.7. The summed E-state index contributed by atoms with van der Waals surface area (Å²) in [7, 11) is 2.10. The van der Waals surface area contributed by atoms with Gasteiger partial charge in [0.25, 0.3) is 0 Å². The van der Waals surface area contributed by atoms with Gasteiger partial charge in [0.2, 0.25) is 5.91 Å². The SMILES string of the molecule is CN1CCN(C(C(N)=O)c2c[nH]c3ccccc23)CC1. The van der Waals surface area contributed by atoms with E-state index in [9.17, 15) is 4.79 Å². The number of aromatic amines is 1. The van der Waals surface area contributed by atoms with Crippen molar-refractivity contribution in [3.8, 4) is 0 Å². The van der Waals surface area contributed by atoms with Crippen molar-refractivity contribution >= 4 is 16.8 Å². The van der Waals surface area contributed by atoms with Crippen LogP contribution in [0.3, 0.4) is 0 Å². The van der Waals surface area contributed by atoms with Gasteiger partial charge in [0.15, 0.2) is 0 Å². The third-order valence-electron chi connectivity index (χ3n) is 4.09. The summed E-state index contributed by atoms with van der Waals surface area (Å²) >= 11 is 0. The minimum Gasteiger partial charge on any atom is -0.368 e. The van der Waals surface area contributed by atoms with Crippen LogP contribution in [-0.4, -0.2) is 53.9 Å². The number of H-pyrrole nitrogens is 1. The molecule has 5 nitrogen and oxygen atoms in total. The van der Waals surface area contributed by atoms with Crippen LogP contribution in [0.5, 0.6) is 0 Å². The molecule has 1 aliphatic heterocycles. The topological polar surface area (TPSA) is 65.4 Å². The lowest BCUT2D eigenvalue weighted by Gasteiger charge is -2.36. The maximum absolute atomic E-state index is 12.0. The first kappa shape index (κ1) is 13.1. The zero-order valence-electron chi connectivity index (χ0n) is 11.7. The first-order chi connectivity index (χ1) is 9.66. The summed E-state index contributed by atoms with van der Waals surface area (Å²) in [5.74, 6) is -0.278. The van der Waals surface area contributed by atoms with Gasteiger partial charge in [0.1, 0.15) is 6.04 Å². The Morgan fingerprint density at radius 2 is 1.95 bits per heavy atom. The molecule has 1 amide bonds. The fourth-order valence-electron chi connectivity index (χ4n) is 2.93. The van der Waals surface area contributed by atoms with Gasteiger partial charge < -0.3 is 15.6 Å². The highest BCUT2D eigenvalue weighted by molar-refractivity contribution is 5.91. The van der Waals surface area contributed by atoms with Crippen molar-refractivity contribution in [2.75, 3.05) is 33.2 Å². The summed E-state index contributed by atoms with van der Waals surface area (Å²) in [5, 5.41) is 1.08. The number of rotatable bonds is 3. The number of nitrogens with two attached hydrogens (primary N) is 1. The number of primary amides is 1. The number of nitrogens with zero attached hydrogens (tertiary/aromatic N) is 2. The molecular weight excluding hydrogens is 252 g/mol. The second kappa shape index (κ2) is 5.26. The molecule has 1 unspecified atom stereocenters. The average Bonchev–Trinajstić information content (AvgIpc) is 2.85. The van der Waals surface area contributed by atoms with Crippen molar-refractivity contribution < 1.29 is 4.79 Å². The van der Waals surface area contributed by atoms with Gasteiger partial charge >= 0.3 is 0 Å². The van der Waals surface area contributed by atoms with Crippen molar-refractivity contribution in [1.29, 1.82) is 0 Å².